The number of allylic oxidation sites excluding steroid dienone is 2. The van der Waals surface area contributed by atoms with E-state index >= 15 is 0 Å². The van der Waals surface area contributed by atoms with Crippen LogP contribution in [0.2, 0.25) is 0 Å². The lowest BCUT2D eigenvalue weighted by atomic mass is 9.56. The Labute approximate surface area is 281 Å². The highest BCUT2D eigenvalue weighted by atomic mass is 16.8. The molecule has 49 heavy (non-hydrogen) atoms. The monoisotopic (exact) mass is 662 g/mol. The fourth-order valence-corrected chi connectivity index (χ4v) is 7.96. The molecule has 4 aromatic rings. The Morgan fingerprint density at radius 2 is 1.59 bits per heavy atom. The number of Topliss-reactive ketones (excluding diaryl/α,β-unsaturated/α-hetero) is 1. The Bertz CT molecular complexity index is 2160. The number of phenolic OH excluding ortho intramolecular Hbond substituents is 6. The number of benzene rings is 4. The molecule has 4 aliphatic rings. The van der Waals surface area contributed by atoms with E-state index in [4.69, 9.17) is 14.2 Å². The molecule has 250 valence electrons. The largest absolute Gasteiger partial charge is 0.508 e. The molecule has 2 fully saturated rings. The van der Waals surface area contributed by atoms with Crippen molar-refractivity contribution in [3.63, 3.8) is 0 Å². The predicted molar refractivity (Wildman–Crippen MR) is 178 cm³/mol. The van der Waals surface area contributed by atoms with Gasteiger partial charge in [0.25, 0.3) is 5.79 Å². The number of epoxide rings is 1. The van der Waals surface area contributed by atoms with E-state index in [1.165, 1.54) is 48.5 Å². The molecule has 1 spiro atoms. The van der Waals surface area contributed by atoms with Gasteiger partial charge in [-0.3, -0.25) is 4.79 Å². The Hall–Kier alpha value is -5.61. The summed E-state index contributed by atoms with van der Waals surface area (Å²) >= 11 is 0. The molecule has 1 aliphatic carbocycles. The number of hydrogen-bond donors (Lipinski definition) is 6. The minimum atomic E-state index is -1.72. The summed E-state index contributed by atoms with van der Waals surface area (Å²) in [6.07, 6.45) is 5.55. The van der Waals surface area contributed by atoms with Crippen molar-refractivity contribution in [3.8, 4) is 46.0 Å². The van der Waals surface area contributed by atoms with Crippen LogP contribution in [-0.2, 0) is 21.7 Å². The molecule has 0 amide bonds. The number of ketones is 1. The minimum absolute atomic E-state index is 0.0315. The summed E-state index contributed by atoms with van der Waals surface area (Å²) in [6, 6.07) is 15.0. The zero-order valence-corrected chi connectivity index (χ0v) is 26.9. The van der Waals surface area contributed by atoms with Crippen LogP contribution in [-0.4, -0.2) is 47.6 Å². The summed E-state index contributed by atoms with van der Waals surface area (Å²) in [4.78, 5) is 14.7. The lowest BCUT2D eigenvalue weighted by Crippen LogP contribution is -2.61. The van der Waals surface area contributed by atoms with E-state index in [9.17, 15) is 35.4 Å². The molecule has 6 N–H and O–H groups in total. The van der Waals surface area contributed by atoms with Crippen molar-refractivity contribution in [1.82, 2.24) is 0 Å². The highest BCUT2D eigenvalue weighted by Gasteiger charge is 2.88. The standard InChI is InChI=1S/C39H34O10/c1-19(2)4-10-25-28(42)13-12-26(35(25)45)39-38(49-39)27-18-37(3,47-31-17-23(41)9-11-24(27)31)36(46)34(38)33-30(44)14-20(15-32(33)48-39)5-6-21-7-8-22(40)16-29(21)43/h4-9,11-17,27,34,40-45H,10,18H2,1-3H3/t27-,34+,37-,38-,39-/m0/s1. The predicted octanol–water partition coefficient (Wildman–Crippen LogP) is 6.61. The van der Waals surface area contributed by atoms with Gasteiger partial charge in [-0.1, -0.05) is 29.9 Å². The van der Waals surface area contributed by atoms with Crippen LogP contribution in [0.4, 0.5) is 0 Å². The average molecular weight is 663 g/mol. The van der Waals surface area contributed by atoms with E-state index in [-0.39, 0.29) is 75.6 Å². The van der Waals surface area contributed by atoms with Gasteiger partial charge in [0, 0.05) is 46.7 Å². The van der Waals surface area contributed by atoms with Crippen LogP contribution in [0.5, 0.6) is 46.0 Å². The number of carbonyl (C=O) groups is 1. The first-order chi connectivity index (χ1) is 23.3. The van der Waals surface area contributed by atoms with Crippen LogP contribution >= 0.6 is 0 Å². The van der Waals surface area contributed by atoms with Crippen LogP contribution in [0, 0.1) is 0 Å². The number of aromatic hydroxyl groups is 6. The Balaban J connectivity index is 1.34. The molecule has 0 aromatic heterocycles. The summed E-state index contributed by atoms with van der Waals surface area (Å²) < 4.78 is 19.8. The molecule has 1 saturated carbocycles. The summed E-state index contributed by atoms with van der Waals surface area (Å²) in [5.74, 6) is -4.08. The molecular formula is C39H34O10. The van der Waals surface area contributed by atoms with Crippen molar-refractivity contribution < 1.29 is 49.6 Å². The number of fused-ring (bicyclic) bond motifs is 6. The van der Waals surface area contributed by atoms with E-state index in [2.05, 4.69) is 0 Å². The first kappa shape index (κ1) is 30.7. The topological polar surface area (TPSA) is 169 Å². The van der Waals surface area contributed by atoms with E-state index in [0.717, 1.165) is 5.57 Å². The van der Waals surface area contributed by atoms with Gasteiger partial charge in [-0.05, 0) is 75.2 Å². The second kappa shape index (κ2) is 10.2. The second-order valence-electron chi connectivity index (χ2n) is 13.7. The highest BCUT2D eigenvalue weighted by molar-refractivity contribution is 5.99. The molecule has 1 saturated heterocycles. The lowest BCUT2D eigenvalue weighted by molar-refractivity contribution is -0.145. The van der Waals surface area contributed by atoms with E-state index < -0.39 is 28.8 Å². The Morgan fingerprint density at radius 1 is 0.837 bits per heavy atom. The maximum atomic E-state index is 14.7. The lowest BCUT2D eigenvalue weighted by Gasteiger charge is -2.51. The Kier molecular flexibility index (Phi) is 6.39. The number of carbonyl (C=O) groups excluding carboxylic acids is 1. The van der Waals surface area contributed by atoms with Gasteiger partial charge >= 0.3 is 0 Å². The smallest absolute Gasteiger partial charge is 0.272 e. The first-order valence-electron chi connectivity index (χ1n) is 16.0. The molecule has 3 aliphatic heterocycles. The van der Waals surface area contributed by atoms with Crippen molar-refractivity contribution in [2.75, 3.05) is 0 Å². The van der Waals surface area contributed by atoms with Gasteiger partial charge in [0.15, 0.2) is 17.0 Å². The third kappa shape index (κ3) is 4.26. The minimum Gasteiger partial charge on any atom is -0.508 e. The van der Waals surface area contributed by atoms with Crippen molar-refractivity contribution in [3.05, 3.63) is 106 Å². The third-order valence-corrected chi connectivity index (χ3v) is 10.3. The summed E-state index contributed by atoms with van der Waals surface area (Å²) in [6.45, 7) is 5.51. The van der Waals surface area contributed by atoms with E-state index in [1.54, 1.807) is 31.2 Å². The molecular weight excluding hydrogens is 628 g/mol. The van der Waals surface area contributed by atoms with Gasteiger partial charge in [0.2, 0.25) is 0 Å². The quantitative estimate of drug-likeness (QED) is 0.0777. The Morgan fingerprint density at radius 3 is 2.35 bits per heavy atom. The van der Waals surface area contributed by atoms with E-state index in [0.29, 0.717) is 22.4 Å². The molecule has 2 bridgehead atoms. The van der Waals surface area contributed by atoms with Crippen LogP contribution in [0.1, 0.15) is 72.4 Å². The van der Waals surface area contributed by atoms with Crippen LogP contribution in [0.3, 0.4) is 0 Å². The van der Waals surface area contributed by atoms with Gasteiger partial charge in [0.05, 0.1) is 11.5 Å². The van der Waals surface area contributed by atoms with Gasteiger partial charge in [-0.25, -0.2) is 0 Å². The number of hydrogen-bond acceptors (Lipinski definition) is 10. The molecule has 4 aromatic carbocycles. The summed E-state index contributed by atoms with van der Waals surface area (Å²) in [5.41, 5.74) is 0.461. The van der Waals surface area contributed by atoms with Gasteiger partial charge in [-0.2, -0.15) is 0 Å². The fraction of sp³-hybridized carbons (Fsp3) is 0.256. The zero-order chi connectivity index (χ0) is 34.6. The molecule has 10 heteroatoms. The number of phenols is 6. The molecule has 0 unspecified atom stereocenters. The third-order valence-electron chi connectivity index (χ3n) is 10.3. The fourth-order valence-electron chi connectivity index (χ4n) is 7.96. The van der Waals surface area contributed by atoms with Crippen molar-refractivity contribution in [1.29, 1.82) is 0 Å². The van der Waals surface area contributed by atoms with Gasteiger partial charge in [-0.15, -0.1) is 0 Å². The van der Waals surface area contributed by atoms with Crippen molar-refractivity contribution >= 4 is 17.9 Å². The maximum Gasteiger partial charge on any atom is 0.272 e. The molecule has 3 heterocycles. The average Bonchev–Trinajstić information content (AvgIpc) is 3.71. The van der Waals surface area contributed by atoms with E-state index in [1.807, 2.05) is 19.9 Å². The van der Waals surface area contributed by atoms with Crippen LogP contribution < -0.4 is 9.47 Å². The molecule has 10 nitrogen and oxygen atoms in total. The number of ether oxygens (including phenoxy) is 3. The second-order valence-corrected chi connectivity index (χ2v) is 13.7. The van der Waals surface area contributed by atoms with Gasteiger partial charge in [0.1, 0.15) is 46.0 Å². The molecule has 5 atom stereocenters. The van der Waals surface area contributed by atoms with Crippen LogP contribution in [0.25, 0.3) is 12.2 Å². The first-order valence-corrected chi connectivity index (χ1v) is 16.0. The van der Waals surface area contributed by atoms with Gasteiger partial charge < -0.3 is 44.8 Å². The zero-order valence-electron chi connectivity index (χ0n) is 26.9. The SMILES string of the molecule is CC(C)=CCc1c(O)ccc([C@@]23Oc4cc(C=Cc5ccc(O)cc5O)cc(O)c4[C@@H]4C(=O)[C@]5(C)C[C@@H](c6ccc(O)cc6O5)[C@]42O3)c1O. The van der Waals surface area contributed by atoms with Crippen molar-refractivity contribution in [2.45, 2.75) is 62.4 Å². The summed E-state index contributed by atoms with van der Waals surface area (Å²) in [5, 5.41) is 64.5. The van der Waals surface area contributed by atoms with Crippen molar-refractivity contribution in [2.24, 2.45) is 0 Å². The maximum absolute atomic E-state index is 14.7. The molecule has 8 rings (SSSR count). The highest BCUT2D eigenvalue weighted by Crippen LogP contribution is 2.78. The van der Waals surface area contributed by atoms with Crippen LogP contribution in [0.15, 0.2) is 72.3 Å². The normalized spacial score (nSPS) is 27.2. The summed E-state index contributed by atoms with van der Waals surface area (Å²) in [7, 11) is 0. The molecule has 0 radical (unpaired) electrons. The number of rotatable bonds is 5.